The molecule has 6 nitrogen and oxygen atoms in total. The predicted octanol–water partition coefficient (Wildman–Crippen LogP) is 3.12. The summed E-state index contributed by atoms with van der Waals surface area (Å²) in [7, 11) is 1.90. The molecule has 0 N–H and O–H groups in total. The van der Waals surface area contributed by atoms with Gasteiger partial charge in [0, 0.05) is 30.6 Å². The quantitative estimate of drug-likeness (QED) is 0.677. The maximum Gasteiger partial charge on any atom is 0.340 e. The van der Waals surface area contributed by atoms with E-state index in [0.717, 1.165) is 17.3 Å². The number of ether oxygens (including phenoxy) is 1. The Hall–Kier alpha value is -2.63. The normalized spacial score (nSPS) is 11.3. The van der Waals surface area contributed by atoms with E-state index in [1.165, 1.54) is 0 Å². The molecule has 0 spiro atoms. The van der Waals surface area contributed by atoms with Crippen molar-refractivity contribution in [2.45, 2.75) is 26.9 Å². The zero-order valence-electron chi connectivity index (χ0n) is 13.4. The van der Waals surface area contributed by atoms with Gasteiger partial charge in [-0.3, -0.25) is 0 Å². The Bertz CT molecular complexity index is 833. The van der Waals surface area contributed by atoms with Gasteiger partial charge in [0.25, 0.3) is 5.89 Å². The average molecular weight is 313 g/mol. The van der Waals surface area contributed by atoms with Crippen LogP contribution in [-0.4, -0.2) is 20.7 Å². The lowest BCUT2D eigenvalue weighted by molar-refractivity contribution is 0.0432. The monoisotopic (exact) mass is 313 g/mol. The molecule has 0 bridgehead atoms. The van der Waals surface area contributed by atoms with Crippen LogP contribution in [0.25, 0.3) is 10.9 Å². The molecular formula is C17H19N3O3. The Morgan fingerprint density at radius 1 is 1.35 bits per heavy atom. The summed E-state index contributed by atoms with van der Waals surface area (Å²) in [5.74, 6) is 0.995. The van der Waals surface area contributed by atoms with Crippen molar-refractivity contribution in [1.29, 1.82) is 0 Å². The second-order valence-corrected chi connectivity index (χ2v) is 5.95. The number of benzene rings is 1. The number of esters is 1. The molecule has 23 heavy (non-hydrogen) atoms. The van der Waals surface area contributed by atoms with Gasteiger partial charge in [0.1, 0.15) is 0 Å². The molecule has 0 atom stereocenters. The Balaban J connectivity index is 1.70. The molecule has 120 valence electrons. The zero-order valence-corrected chi connectivity index (χ0v) is 13.4. The van der Waals surface area contributed by atoms with E-state index in [4.69, 9.17) is 9.26 Å². The van der Waals surface area contributed by atoms with Gasteiger partial charge in [-0.1, -0.05) is 37.2 Å². The van der Waals surface area contributed by atoms with Gasteiger partial charge < -0.3 is 13.8 Å². The lowest BCUT2D eigenvalue weighted by atomic mass is 10.1. The van der Waals surface area contributed by atoms with Crippen molar-refractivity contribution in [3.05, 3.63) is 47.7 Å². The van der Waals surface area contributed by atoms with Gasteiger partial charge in [-0.15, -0.1) is 0 Å². The van der Waals surface area contributed by atoms with Crippen LogP contribution in [-0.2, 0) is 24.8 Å². The third-order valence-electron chi connectivity index (χ3n) is 3.54. The fourth-order valence-corrected chi connectivity index (χ4v) is 2.51. The number of hydrogen-bond donors (Lipinski definition) is 0. The highest BCUT2D eigenvalue weighted by Gasteiger charge is 2.16. The van der Waals surface area contributed by atoms with Gasteiger partial charge in [-0.2, -0.15) is 4.98 Å². The average Bonchev–Trinajstić information content (AvgIpc) is 3.10. The van der Waals surface area contributed by atoms with Gasteiger partial charge in [0.2, 0.25) is 0 Å². The van der Waals surface area contributed by atoms with Crippen LogP contribution >= 0.6 is 0 Å². The molecule has 0 aliphatic rings. The summed E-state index contributed by atoms with van der Waals surface area (Å²) in [4.78, 5) is 16.5. The van der Waals surface area contributed by atoms with E-state index in [1.54, 1.807) is 6.20 Å². The third-order valence-corrected chi connectivity index (χ3v) is 3.54. The van der Waals surface area contributed by atoms with Crippen LogP contribution < -0.4 is 0 Å². The maximum absolute atomic E-state index is 12.3. The van der Waals surface area contributed by atoms with Crippen molar-refractivity contribution >= 4 is 16.9 Å². The van der Waals surface area contributed by atoms with Gasteiger partial charge >= 0.3 is 5.97 Å². The minimum Gasteiger partial charge on any atom is -0.452 e. The van der Waals surface area contributed by atoms with Gasteiger partial charge in [-0.25, -0.2) is 4.79 Å². The summed E-state index contributed by atoms with van der Waals surface area (Å²) >= 11 is 0. The van der Waals surface area contributed by atoms with Crippen LogP contribution in [0.1, 0.15) is 35.9 Å². The molecular weight excluding hydrogens is 294 g/mol. The van der Waals surface area contributed by atoms with Crippen molar-refractivity contribution in [3.8, 4) is 0 Å². The van der Waals surface area contributed by atoms with E-state index in [2.05, 4.69) is 24.0 Å². The minimum absolute atomic E-state index is 0.0207. The molecule has 0 aliphatic heterocycles. The van der Waals surface area contributed by atoms with Crippen LogP contribution in [0, 0.1) is 5.92 Å². The summed E-state index contributed by atoms with van der Waals surface area (Å²) in [6.07, 6.45) is 2.51. The Morgan fingerprint density at radius 2 is 2.13 bits per heavy atom. The molecule has 0 amide bonds. The summed E-state index contributed by atoms with van der Waals surface area (Å²) in [5.41, 5.74) is 1.52. The standard InChI is InChI=1S/C17H19N3O3/c1-11(2)8-15-18-16(23-19-15)10-22-17(21)13-9-20(3)14-7-5-4-6-12(13)14/h4-7,9,11H,8,10H2,1-3H3. The summed E-state index contributed by atoms with van der Waals surface area (Å²) < 4.78 is 12.3. The van der Waals surface area contributed by atoms with Crippen LogP contribution in [0.3, 0.4) is 0 Å². The molecule has 2 aromatic heterocycles. The van der Waals surface area contributed by atoms with E-state index in [-0.39, 0.29) is 6.61 Å². The minimum atomic E-state index is -0.398. The number of aromatic nitrogens is 3. The highest BCUT2D eigenvalue weighted by molar-refractivity contribution is 6.04. The first-order valence-corrected chi connectivity index (χ1v) is 7.57. The third kappa shape index (κ3) is 3.26. The van der Waals surface area contributed by atoms with Crippen molar-refractivity contribution < 1.29 is 14.1 Å². The number of para-hydroxylation sites is 1. The topological polar surface area (TPSA) is 70.2 Å². The van der Waals surface area contributed by atoms with E-state index in [0.29, 0.717) is 23.2 Å². The Labute approximate surface area is 134 Å². The molecule has 6 heteroatoms. The number of carbonyl (C=O) groups excluding carboxylic acids is 1. The van der Waals surface area contributed by atoms with Crippen LogP contribution in [0.15, 0.2) is 35.0 Å². The van der Waals surface area contributed by atoms with E-state index >= 15 is 0 Å². The van der Waals surface area contributed by atoms with E-state index in [9.17, 15) is 4.79 Å². The number of carbonyl (C=O) groups is 1. The first kappa shape index (κ1) is 15.3. The van der Waals surface area contributed by atoms with E-state index in [1.807, 2.05) is 35.9 Å². The fraction of sp³-hybridized carbons (Fsp3) is 0.353. The van der Waals surface area contributed by atoms with Gasteiger partial charge in [0.05, 0.1) is 5.56 Å². The largest absolute Gasteiger partial charge is 0.452 e. The molecule has 0 radical (unpaired) electrons. The molecule has 3 rings (SSSR count). The second kappa shape index (κ2) is 6.24. The number of rotatable bonds is 5. The van der Waals surface area contributed by atoms with Crippen molar-refractivity contribution in [3.63, 3.8) is 0 Å². The molecule has 0 saturated carbocycles. The summed E-state index contributed by atoms with van der Waals surface area (Å²) in [5, 5.41) is 4.75. The molecule has 1 aromatic carbocycles. The van der Waals surface area contributed by atoms with Crippen molar-refractivity contribution in [2.75, 3.05) is 0 Å². The highest BCUT2D eigenvalue weighted by Crippen LogP contribution is 2.21. The smallest absolute Gasteiger partial charge is 0.340 e. The molecule has 0 aliphatic carbocycles. The number of nitrogens with zero attached hydrogens (tertiary/aromatic N) is 3. The van der Waals surface area contributed by atoms with Crippen LogP contribution in [0.2, 0.25) is 0 Å². The van der Waals surface area contributed by atoms with Crippen molar-refractivity contribution in [1.82, 2.24) is 14.7 Å². The number of aryl methyl sites for hydroxylation is 1. The predicted molar refractivity (Wildman–Crippen MR) is 84.9 cm³/mol. The maximum atomic E-state index is 12.3. The summed E-state index contributed by atoms with van der Waals surface area (Å²) in [6.45, 7) is 4.14. The molecule has 2 heterocycles. The lowest BCUT2D eigenvalue weighted by Crippen LogP contribution is -2.05. The lowest BCUT2D eigenvalue weighted by Gasteiger charge is -2.00. The van der Waals surface area contributed by atoms with Crippen molar-refractivity contribution in [2.24, 2.45) is 13.0 Å². The van der Waals surface area contributed by atoms with Gasteiger partial charge in [0.15, 0.2) is 12.4 Å². The molecule has 0 unspecified atom stereocenters. The van der Waals surface area contributed by atoms with Crippen LogP contribution in [0.5, 0.6) is 0 Å². The van der Waals surface area contributed by atoms with E-state index < -0.39 is 5.97 Å². The highest BCUT2D eigenvalue weighted by atomic mass is 16.6. The molecule has 0 fully saturated rings. The Morgan fingerprint density at radius 3 is 2.91 bits per heavy atom. The SMILES string of the molecule is CC(C)Cc1noc(COC(=O)c2cn(C)c3ccccc23)n1. The fourth-order valence-electron chi connectivity index (χ4n) is 2.51. The Kier molecular flexibility index (Phi) is 4.14. The van der Waals surface area contributed by atoms with Crippen LogP contribution in [0.4, 0.5) is 0 Å². The first-order valence-electron chi connectivity index (χ1n) is 7.57. The molecule has 3 aromatic rings. The second-order valence-electron chi connectivity index (χ2n) is 5.95. The molecule has 0 saturated heterocycles. The number of fused-ring (bicyclic) bond motifs is 1. The number of hydrogen-bond acceptors (Lipinski definition) is 5. The van der Waals surface area contributed by atoms with Gasteiger partial charge in [-0.05, 0) is 12.0 Å². The summed E-state index contributed by atoms with van der Waals surface area (Å²) in [6, 6.07) is 7.70. The first-order chi connectivity index (χ1) is 11.0. The zero-order chi connectivity index (χ0) is 16.4.